The van der Waals surface area contributed by atoms with Gasteiger partial charge in [-0.3, -0.25) is 4.79 Å². The Morgan fingerprint density at radius 1 is 1.09 bits per heavy atom. The van der Waals surface area contributed by atoms with E-state index in [1.54, 1.807) is 36.4 Å². The smallest absolute Gasteiger partial charge is 0.331 e. The molecule has 0 bridgehead atoms. The molecule has 0 spiro atoms. The van der Waals surface area contributed by atoms with Gasteiger partial charge in [0.15, 0.2) is 6.61 Å². The van der Waals surface area contributed by atoms with E-state index in [2.05, 4.69) is 4.74 Å². The molecule has 7 nitrogen and oxygen atoms in total. The van der Waals surface area contributed by atoms with Crippen molar-refractivity contribution in [2.45, 2.75) is 20.0 Å². The normalized spacial score (nSPS) is 19.2. The molecule has 1 saturated carbocycles. The van der Waals surface area contributed by atoms with Gasteiger partial charge >= 0.3 is 11.9 Å². The number of benzene rings is 2. The van der Waals surface area contributed by atoms with E-state index in [-0.39, 0.29) is 12.5 Å². The first-order valence-electron chi connectivity index (χ1n) is 10.0. The van der Waals surface area contributed by atoms with Crippen LogP contribution in [0.25, 0.3) is 0 Å². The van der Waals surface area contributed by atoms with Crippen molar-refractivity contribution in [3.05, 3.63) is 72.3 Å². The fraction of sp³-hybridized carbons (Fsp3) is 0.280. The number of rotatable bonds is 8. The summed E-state index contributed by atoms with van der Waals surface area (Å²) in [6, 6.07) is 19.8. The summed E-state index contributed by atoms with van der Waals surface area (Å²) < 4.78 is 16.0. The zero-order valence-corrected chi connectivity index (χ0v) is 17.7. The third kappa shape index (κ3) is 5.33. The Labute approximate surface area is 186 Å². The van der Waals surface area contributed by atoms with Crippen molar-refractivity contribution in [1.82, 2.24) is 0 Å². The number of hydrogen-bond donors (Lipinski definition) is 0. The fourth-order valence-electron chi connectivity index (χ4n) is 3.54. The van der Waals surface area contributed by atoms with E-state index in [1.165, 1.54) is 6.08 Å². The maximum atomic E-state index is 12.8. The highest BCUT2D eigenvalue weighted by Gasteiger charge is 2.61. The van der Waals surface area contributed by atoms with Crippen LogP contribution in [0, 0.1) is 39.9 Å². The molecule has 2 aromatic carbocycles. The Hall–Kier alpha value is -4.10. The lowest BCUT2D eigenvalue weighted by atomic mass is 10.1. The maximum Gasteiger partial charge on any atom is 0.331 e. The maximum absolute atomic E-state index is 12.8. The minimum atomic E-state index is -1.09. The lowest BCUT2D eigenvalue weighted by Gasteiger charge is -2.13. The number of ether oxygens (including phenoxy) is 3. The van der Waals surface area contributed by atoms with Gasteiger partial charge in [0.05, 0.1) is 5.92 Å². The van der Waals surface area contributed by atoms with Gasteiger partial charge in [0.25, 0.3) is 0 Å². The summed E-state index contributed by atoms with van der Waals surface area (Å²) >= 11 is 0. The Morgan fingerprint density at radius 3 is 2.50 bits per heavy atom. The fourth-order valence-corrected chi connectivity index (χ4v) is 3.54. The predicted molar refractivity (Wildman–Crippen MR) is 114 cm³/mol. The average molecular weight is 430 g/mol. The number of nitrogens with zero attached hydrogens (tertiary/aromatic N) is 2. The molecule has 0 aromatic heterocycles. The molecule has 0 heterocycles. The molecule has 2 aromatic rings. The summed E-state index contributed by atoms with van der Waals surface area (Å²) in [7, 11) is 0. The van der Waals surface area contributed by atoms with Crippen LogP contribution in [0.4, 0.5) is 0 Å². The number of allylic oxidation sites excluding steroid dienone is 1. The highest BCUT2D eigenvalue weighted by molar-refractivity contribution is 5.83. The van der Waals surface area contributed by atoms with Gasteiger partial charge in [-0.25, -0.2) is 4.79 Å². The SMILES string of the molecule is CC1(C)[C@H](C(=O)OC(C#N)c2cccc(Oc3ccccc3)c2)[C@@H]1C=CC(=O)OCC#N. The summed E-state index contributed by atoms with van der Waals surface area (Å²) in [6.07, 6.45) is 1.70. The van der Waals surface area contributed by atoms with E-state index in [4.69, 9.17) is 14.7 Å². The first-order valence-corrected chi connectivity index (χ1v) is 10.0. The number of nitriles is 2. The van der Waals surface area contributed by atoms with E-state index in [9.17, 15) is 14.9 Å². The summed E-state index contributed by atoms with van der Waals surface area (Å²) in [5, 5.41) is 18.0. The van der Waals surface area contributed by atoms with Gasteiger partial charge < -0.3 is 14.2 Å². The molecule has 7 heteroatoms. The molecule has 0 aliphatic heterocycles. The molecule has 1 unspecified atom stereocenters. The highest BCUT2D eigenvalue weighted by Crippen LogP contribution is 2.59. The van der Waals surface area contributed by atoms with E-state index in [1.807, 2.05) is 50.2 Å². The Morgan fingerprint density at radius 2 is 1.81 bits per heavy atom. The van der Waals surface area contributed by atoms with Crippen molar-refractivity contribution < 1.29 is 23.8 Å². The molecule has 1 aliphatic rings. The van der Waals surface area contributed by atoms with Gasteiger partial charge in [-0.05, 0) is 35.6 Å². The molecule has 3 atom stereocenters. The standard InChI is InChI=1S/C25H22N2O5/c1-25(2)20(11-12-22(28)30-14-13-26)23(25)24(29)32-21(16-27)17-7-6-10-19(15-17)31-18-8-4-3-5-9-18/h3-12,15,20-21,23H,14H2,1-2H3/t20-,21?,23-/m0/s1. The molecular formula is C25H22N2O5. The first-order chi connectivity index (χ1) is 15.4. The zero-order valence-electron chi connectivity index (χ0n) is 17.7. The highest BCUT2D eigenvalue weighted by atomic mass is 16.5. The molecule has 0 saturated heterocycles. The minimum absolute atomic E-state index is 0.239. The summed E-state index contributed by atoms with van der Waals surface area (Å²) in [5.41, 5.74) is 0.0707. The number of carbonyl (C=O) groups is 2. The van der Waals surface area contributed by atoms with Crippen LogP contribution in [0.5, 0.6) is 11.5 Å². The Kier molecular flexibility index (Phi) is 6.92. The molecule has 0 N–H and O–H groups in total. The van der Waals surface area contributed by atoms with Gasteiger partial charge in [0.2, 0.25) is 6.10 Å². The van der Waals surface area contributed by atoms with Crippen molar-refractivity contribution in [3.8, 4) is 23.6 Å². The Balaban J connectivity index is 1.66. The Bertz CT molecular complexity index is 1100. The monoisotopic (exact) mass is 430 g/mol. The van der Waals surface area contributed by atoms with E-state index < -0.39 is 29.4 Å². The second-order valence-corrected chi connectivity index (χ2v) is 7.88. The zero-order chi connectivity index (χ0) is 23.1. The second-order valence-electron chi connectivity index (χ2n) is 7.88. The van der Waals surface area contributed by atoms with Crippen LogP contribution in [0.15, 0.2) is 66.7 Å². The van der Waals surface area contributed by atoms with Gasteiger partial charge in [-0.1, -0.05) is 50.3 Å². The predicted octanol–water partition coefficient (Wildman–Crippen LogP) is 4.48. The number of para-hydroxylation sites is 1. The largest absolute Gasteiger partial charge is 0.457 e. The number of esters is 2. The van der Waals surface area contributed by atoms with Crippen molar-refractivity contribution >= 4 is 11.9 Å². The van der Waals surface area contributed by atoms with Crippen molar-refractivity contribution in [1.29, 1.82) is 10.5 Å². The summed E-state index contributed by atoms with van der Waals surface area (Å²) in [6.45, 7) is 3.42. The van der Waals surface area contributed by atoms with Gasteiger partial charge in [-0.15, -0.1) is 0 Å². The van der Waals surface area contributed by atoms with E-state index >= 15 is 0 Å². The van der Waals surface area contributed by atoms with Crippen LogP contribution >= 0.6 is 0 Å². The average Bonchev–Trinajstić information content (AvgIpc) is 3.35. The third-order valence-corrected chi connectivity index (χ3v) is 5.37. The molecule has 0 radical (unpaired) electrons. The van der Waals surface area contributed by atoms with Gasteiger partial charge in [0.1, 0.15) is 23.6 Å². The van der Waals surface area contributed by atoms with E-state index in [0.717, 1.165) is 0 Å². The van der Waals surface area contributed by atoms with Crippen LogP contribution in [0.1, 0.15) is 25.5 Å². The van der Waals surface area contributed by atoms with E-state index in [0.29, 0.717) is 17.1 Å². The lowest BCUT2D eigenvalue weighted by molar-refractivity contribution is -0.149. The quantitative estimate of drug-likeness (QED) is 0.448. The third-order valence-electron chi connectivity index (χ3n) is 5.37. The summed E-state index contributed by atoms with van der Waals surface area (Å²) in [5.74, 6) is -0.729. The molecule has 32 heavy (non-hydrogen) atoms. The molecular weight excluding hydrogens is 408 g/mol. The number of hydrogen-bond acceptors (Lipinski definition) is 7. The number of carbonyl (C=O) groups excluding carboxylic acids is 2. The van der Waals surface area contributed by atoms with Crippen molar-refractivity contribution in [3.63, 3.8) is 0 Å². The van der Waals surface area contributed by atoms with Gasteiger partial charge in [0, 0.05) is 11.6 Å². The van der Waals surface area contributed by atoms with Crippen LogP contribution in [0.3, 0.4) is 0 Å². The topological polar surface area (TPSA) is 109 Å². The first kappa shape index (κ1) is 22.6. The molecule has 0 amide bonds. The second kappa shape index (κ2) is 9.80. The molecule has 3 rings (SSSR count). The summed E-state index contributed by atoms with van der Waals surface area (Å²) in [4.78, 5) is 24.3. The van der Waals surface area contributed by atoms with Crippen LogP contribution in [-0.4, -0.2) is 18.5 Å². The van der Waals surface area contributed by atoms with Crippen molar-refractivity contribution in [2.75, 3.05) is 6.61 Å². The van der Waals surface area contributed by atoms with Crippen LogP contribution in [0.2, 0.25) is 0 Å². The van der Waals surface area contributed by atoms with Crippen molar-refractivity contribution in [2.24, 2.45) is 17.3 Å². The minimum Gasteiger partial charge on any atom is -0.457 e. The molecule has 1 fully saturated rings. The van der Waals surface area contributed by atoms with Crippen LogP contribution in [-0.2, 0) is 19.1 Å². The van der Waals surface area contributed by atoms with Gasteiger partial charge in [-0.2, -0.15) is 10.5 Å². The van der Waals surface area contributed by atoms with Crippen LogP contribution < -0.4 is 4.74 Å². The molecule has 1 aliphatic carbocycles. The molecule has 162 valence electrons. The lowest BCUT2D eigenvalue weighted by Crippen LogP contribution is -2.14.